The van der Waals surface area contributed by atoms with Crippen LogP contribution in [0.5, 0.6) is 0 Å². The van der Waals surface area contributed by atoms with E-state index in [1.165, 1.54) is 14.0 Å². The molecule has 0 aromatic carbocycles. The average Bonchev–Trinajstić information content (AvgIpc) is 3.05. The Kier molecular flexibility index (Phi) is 15.6. The van der Waals surface area contributed by atoms with Crippen molar-refractivity contribution in [3.63, 3.8) is 0 Å². The molecule has 3 unspecified atom stereocenters. The summed E-state index contributed by atoms with van der Waals surface area (Å²) in [4.78, 5) is 18.0. The summed E-state index contributed by atoms with van der Waals surface area (Å²) in [5.74, 6) is -2.58. The number of ether oxygens (including phenoxy) is 6. The molecule has 306 valence electrons. The summed E-state index contributed by atoms with van der Waals surface area (Å²) >= 11 is 0. The van der Waals surface area contributed by atoms with E-state index in [0.717, 1.165) is 0 Å². The monoisotopic (exact) mass is 749 g/mol. The first-order valence-corrected chi connectivity index (χ1v) is 19.1. The van der Waals surface area contributed by atoms with Crippen LogP contribution in [0.3, 0.4) is 0 Å². The second kappa shape index (κ2) is 17.8. The molecule has 52 heavy (non-hydrogen) atoms. The summed E-state index contributed by atoms with van der Waals surface area (Å²) in [6.07, 6.45) is -8.19. The molecule has 3 heterocycles. The number of aliphatic hydroxyl groups excluding tert-OH is 3. The van der Waals surface area contributed by atoms with Crippen molar-refractivity contribution in [3.8, 4) is 0 Å². The van der Waals surface area contributed by atoms with E-state index in [1.807, 2.05) is 51.7 Å². The summed E-state index contributed by atoms with van der Waals surface area (Å²) in [5.41, 5.74) is -4.37. The van der Waals surface area contributed by atoms with E-state index in [1.54, 1.807) is 41.5 Å². The molecule has 3 aliphatic heterocycles. The maximum absolute atomic E-state index is 14.2. The van der Waals surface area contributed by atoms with Crippen LogP contribution >= 0.6 is 0 Å². The highest BCUT2D eigenvalue weighted by atomic mass is 16.7. The van der Waals surface area contributed by atoms with E-state index in [0.29, 0.717) is 13.0 Å². The molecule has 0 bridgehead atoms. The number of nitrogens with zero attached hydrogens (tertiary/aromatic N) is 2. The van der Waals surface area contributed by atoms with Crippen molar-refractivity contribution in [1.82, 2.24) is 9.80 Å². The first-order valence-electron chi connectivity index (χ1n) is 19.1. The Balaban J connectivity index is 2.17. The van der Waals surface area contributed by atoms with Gasteiger partial charge < -0.3 is 63.8 Å². The third-order valence-electron chi connectivity index (χ3n) is 12.2. The fourth-order valence-corrected chi connectivity index (χ4v) is 8.74. The zero-order valence-corrected chi connectivity index (χ0v) is 34.2. The number of rotatable bonds is 7. The van der Waals surface area contributed by atoms with E-state index >= 15 is 0 Å². The van der Waals surface area contributed by atoms with Crippen LogP contribution in [-0.4, -0.2) is 166 Å². The van der Waals surface area contributed by atoms with Gasteiger partial charge in [-0.05, 0) is 94.8 Å². The summed E-state index contributed by atoms with van der Waals surface area (Å²) in [7, 11) is 7.12. The molecule has 3 saturated heterocycles. The molecule has 3 fully saturated rings. The van der Waals surface area contributed by atoms with Gasteiger partial charge in [-0.1, -0.05) is 20.8 Å². The van der Waals surface area contributed by atoms with Crippen LogP contribution in [0.25, 0.3) is 0 Å². The third kappa shape index (κ3) is 10.0. The maximum Gasteiger partial charge on any atom is 0.311 e. The van der Waals surface area contributed by atoms with Crippen molar-refractivity contribution in [2.24, 2.45) is 17.8 Å². The molecule has 14 nitrogen and oxygen atoms in total. The molecule has 0 aliphatic carbocycles. The van der Waals surface area contributed by atoms with Crippen LogP contribution in [0, 0.1) is 17.8 Å². The van der Waals surface area contributed by atoms with Crippen LogP contribution in [-0.2, 0) is 33.2 Å². The van der Waals surface area contributed by atoms with Gasteiger partial charge in [0.05, 0.1) is 41.5 Å². The SMILES string of the molecule is CC[C@H]1OC(=O)[C@H](C)[C@@H](O[C@H]2C[C@](C)(OC)[C@@H](O)C(C)O2)[C@H](C)[C@@H](O[C@@H]2OC(C)C[C@H](N(C)C)C2O)[C@](C)(O)C[C@@H](C)CN(C)[C@H](C)[C@@H](O)[C@]1(C)O. The number of methoxy groups -OCH3 is 1. The lowest BCUT2D eigenvalue weighted by atomic mass is 9.77. The number of carbonyl (C=O) groups excluding carboxylic acids is 1. The number of hydrogen-bond acceptors (Lipinski definition) is 14. The minimum absolute atomic E-state index is 0.133. The van der Waals surface area contributed by atoms with Crippen molar-refractivity contribution in [2.75, 3.05) is 34.8 Å². The van der Waals surface area contributed by atoms with Crippen molar-refractivity contribution in [3.05, 3.63) is 0 Å². The predicted molar refractivity (Wildman–Crippen MR) is 194 cm³/mol. The first kappa shape index (κ1) is 45.4. The molecule has 0 saturated carbocycles. The Morgan fingerprint density at radius 3 is 2.12 bits per heavy atom. The van der Waals surface area contributed by atoms with Crippen LogP contribution < -0.4 is 0 Å². The summed E-state index contributed by atoms with van der Waals surface area (Å²) < 4.78 is 37.5. The van der Waals surface area contributed by atoms with Gasteiger partial charge in [-0.15, -0.1) is 0 Å². The number of hydrogen-bond donors (Lipinski definition) is 5. The smallest absolute Gasteiger partial charge is 0.311 e. The third-order valence-corrected chi connectivity index (χ3v) is 12.2. The van der Waals surface area contributed by atoms with Gasteiger partial charge in [-0.25, -0.2) is 0 Å². The largest absolute Gasteiger partial charge is 0.459 e. The van der Waals surface area contributed by atoms with Gasteiger partial charge in [0.1, 0.15) is 30.0 Å². The lowest BCUT2D eigenvalue weighted by molar-refractivity contribution is -0.318. The van der Waals surface area contributed by atoms with E-state index in [2.05, 4.69) is 0 Å². The second-order valence-electron chi connectivity index (χ2n) is 17.2. The Bertz CT molecular complexity index is 1140. The van der Waals surface area contributed by atoms with Crippen LogP contribution in [0.15, 0.2) is 0 Å². The minimum atomic E-state index is -1.80. The molecule has 0 aromatic heterocycles. The maximum atomic E-state index is 14.2. The molecule has 3 rings (SSSR count). The van der Waals surface area contributed by atoms with E-state index in [9.17, 15) is 30.3 Å². The second-order valence-corrected chi connectivity index (χ2v) is 17.2. The molecule has 18 atom stereocenters. The Morgan fingerprint density at radius 1 is 0.942 bits per heavy atom. The molecule has 0 radical (unpaired) electrons. The molecular weight excluding hydrogens is 676 g/mol. The fraction of sp³-hybridized carbons (Fsp3) is 0.974. The van der Waals surface area contributed by atoms with Gasteiger partial charge in [0, 0.05) is 38.1 Å². The van der Waals surface area contributed by atoms with Gasteiger partial charge in [-0.2, -0.15) is 0 Å². The molecule has 3 aliphatic rings. The van der Waals surface area contributed by atoms with E-state index in [-0.39, 0.29) is 37.3 Å². The topological polar surface area (TPSA) is 180 Å². The number of aliphatic hydroxyl groups is 5. The number of cyclic esters (lactones) is 1. The number of esters is 1. The lowest BCUT2D eigenvalue weighted by Gasteiger charge is -2.48. The Labute approximate surface area is 312 Å². The van der Waals surface area contributed by atoms with Crippen LogP contribution in [0.1, 0.15) is 94.9 Å². The number of likely N-dealkylation sites (N-methyl/N-ethyl adjacent to an activating group) is 2. The van der Waals surface area contributed by atoms with Crippen molar-refractivity contribution < 1.29 is 58.7 Å². The van der Waals surface area contributed by atoms with Crippen LogP contribution in [0.2, 0.25) is 0 Å². The fourth-order valence-electron chi connectivity index (χ4n) is 8.74. The minimum Gasteiger partial charge on any atom is -0.459 e. The highest BCUT2D eigenvalue weighted by Crippen LogP contribution is 2.40. The summed E-state index contributed by atoms with van der Waals surface area (Å²) in [6, 6.07) is -0.808. The summed E-state index contributed by atoms with van der Waals surface area (Å²) in [5, 5.41) is 58.1. The van der Waals surface area contributed by atoms with Gasteiger partial charge in [0.2, 0.25) is 0 Å². The van der Waals surface area contributed by atoms with Gasteiger partial charge in [-0.3, -0.25) is 4.79 Å². The molecule has 0 aromatic rings. The van der Waals surface area contributed by atoms with Crippen molar-refractivity contribution >= 4 is 5.97 Å². The van der Waals surface area contributed by atoms with Gasteiger partial charge in [0.25, 0.3) is 0 Å². The average molecular weight is 749 g/mol. The van der Waals surface area contributed by atoms with Crippen LogP contribution in [0.4, 0.5) is 0 Å². The molecule has 14 heteroatoms. The Hall–Kier alpha value is -1.01. The predicted octanol–water partition coefficient (Wildman–Crippen LogP) is 1.90. The quantitative estimate of drug-likeness (QED) is 0.238. The van der Waals surface area contributed by atoms with E-state index in [4.69, 9.17) is 28.4 Å². The first-order chi connectivity index (χ1) is 23.9. The number of carbonyl (C=O) groups is 1. The van der Waals surface area contributed by atoms with Crippen molar-refractivity contribution in [2.45, 2.75) is 185 Å². The summed E-state index contributed by atoms with van der Waals surface area (Å²) in [6.45, 7) is 18.0. The normalized spacial score (nSPS) is 49.6. The Morgan fingerprint density at radius 2 is 1.56 bits per heavy atom. The van der Waals surface area contributed by atoms with Gasteiger partial charge >= 0.3 is 5.97 Å². The van der Waals surface area contributed by atoms with E-state index < -0.39 is 96.0 Å². The highest BCUT2D eigenvalue weighted by molar-refractivity contribution is 5.73. The lowest BCUT2D eigenvalue weighted by Crippen LogP contribution is -2.60. The molecule has 5 N–H and O–H groups in total. The standard InChI is InChI=1S/C38H72N2O12/c1-15-27-38(10,46)31(42)24(6)40(13)19-20(2)17-36(8,45)33(52-35-29(41)26(39(11)12)16-21(3)48-35)22(4)30(23(5)34(44)50-27)51-28-18-37(9,47-14)32(43)25(7)49-28/h20-33,35,41-43,45-46H,15-19H2,1-14H3/t20-,21?,22+,23-,24-,25?,26+,27-,28+,29?,30+,31-,32+,33-,35+,36-,37+,38-/m1/s1. The zero-order chi connectivity index (χ0) is 39.7. The zero-order valence-electron chi connectivity index (χ0n) is 34.2. The van der Waals surface area contributed by atoms with Gasteiger partial charge in [0.15, 0.2) is 12.6 Å². The van der Waals surface area contributed by atoms with Crippen molar-refractivity contribution in [1.29, 1.82) is 0 Å². The molecule has 0 amide bonds. The highest BCUT2D eigenvalue weighted by Gasteiger charge is 2.52. The molecule has 0 spiro atoms. The molecular formula is C38H72N2O12.